The van der Waals surface area contributed by atoms with Gasteiger partial charge in [-0.25, -0.2) is 0 Å². The SMILES string of the molecule is CCCCCC1(F)CC2(CCCCC2)C(=O)O1. The van der Waals surface area contributed by atoms with Crippen LogP contribution in [-0.4, -0.2) is 11.8 Å². The summed E-state index contributed by atoms with van der Waals surface area (Å²) in [7, 11) is 0. The van der Waals surface area contributed by atoms with E-state index < -0.39 is 11.3 Å². The Labute approximate surface area is 103 Å². The topological polar surface area (TPSA) is 26.3 Å². The Morgan fingerprint density at radius 2 is 1.94 bits per heavy atom. The van der Waals surface area contributed by atoms with Gasteiger partial charge in [0.15, 0.2) is 0 Å². The van der Waals surface area contributed by atoms with Crippen LogP contribution in [0.5, 0.6) is 0 Å². The Kier molecular flexibility index (Phi) is 3.74. The maximum Gasteiger partial charge on any atom is 0.315 e. The third-order valence-corrected chi connectivity index (χ3v) is 4.28. The van der Waals surface area contributed by atoms with Crippen LogP contribution in [0.3, 0.4) is 0 Å². The van der Waals surface area contributed by atoms with Crippen LogP contribution in [0.25, 0.3) is 0 Å². The van der Waals surface area contributed by atoms with Gasteiger partial charge in [0.05, 0.1) is 5.41 Å². The summed E-state index contributed by atoms with van der Waals surface area (Å²) in [6.07, 6.45) is 8.49. The van der Waals surface area contributed by atoms with Gasteiger partial charge >= 0.3 is 5.97 Å². The van der Waals surface area contributed by atoms with Crippen molar-refractivity contribution in [1.82, 2.24) is 0 Å². The van der Waals surface area contributed by atoms with Crippen LogP contribution in [-0.2, 0) is 9.53 Å². The van der Waals surface area contributed by atoms with Gasteiger partial charge in [0.25, 0.3) is 5.85 Å². The highest BCUT2D eigenvalue weighted by atomic mass is 19.2. The normalized spacial score (nSPS) is 31.8. The zero-order chi connectivity index (χ0) is 12.4. The second kappa shape index (κ2) is 4.95. The van der Waals surface area contributed by atoms with Gasteiger partial charge < -0.3 is 4.74 Å². The van der Waals surface area contributed by atoms with Gasteiger partial charge in [-0.3, -0.25) is 4.79 Å². The molecule has 0 radical (unpaired) electrons. The predicted molar refractivity (Wildman–Crippen MR) is 64.2 cm³/mol. The molecule has 0 aromatic rings. The maximum atomic E-state index is 14.5. The van der Waals surface area contributed by atoms with E-state index in [1.807, 2.05) is 0 Å². The molecule has 1 spiro atoms. The third-order valence-electron chi connectivity index (χ3n) is 4.28. The average molecular weight is 242 g/mol. The van der Waals surface area contributed by atoms with Crippen LogP contribution in [0, 0.1) is 5.41 Å². The van der Waals surface area contributed by atoms with Gasteiger partial charge in [-0.2, -0.15) is 4.39 Å². The van der Waals surface area contributed by atoms with E-state index in [0.29, 0.717) is 12.8 Å². The minimum absolute atomic E-state index is 0.267. The molecule has 2 fully saturated rings. The van der Waals surface area contributed by atoms with E-state index >= 15 is 0 Å². The Hall–Kier alpha value is -0.600. The molecule has 0 amide bonds. The standard InChI is InChI=1S/C14H23FO2/c1-2-3-5-10-14(15)11-13(12(16)17-14)8-6-4-7-9-13/h2-11H2,1H3. The monoisotopic (exact) mass is 242 g/mol. The number of carbonyl (C=O) groups is 1. The van der Waals surface area contributed by atoms with Gasteiger partial charge in [0, 0.05) is 12.8 Å². The maximum absolute atomic E-state index is 14.5. The molecule has 2 rings (SSSR count). The summed E-state index contributed by atoms with van der Waals surface area (Å²) in [5.41, 5.74) is -0.473. The Bertz CT molecular complexity index is 284. The van der Waals surface area contributed by atoms with Crippen LogP contribution in [0.1, 0.15) is 71.1 Å². The molecule has 1 unspecified atom stereocenters. The van der Waals surface area contributed by atoms with Crippen LogP contribution in [0.2, 0.25) is 0 Å². The zero-order valence-electron chi connectivity index (χ0n) is 10.8. The van der Waals surface area contributed by atoms with Gasteiger partial charge in [0.2, 0.25) is 0 Å². The lowest BCUT2D eigenvalue weighted by Crippen LogP contribution is -2.29. The molecular weight excluding hydrogens is 219 g/mol. The van der Waals surface area contributed by atoms with E-state index in [0.717, 1.165) is 44.9 Å². The summed E-state index contributed by atoms with van der Waals surface area (Å²) in [6, 6.07) is 0. The fourth-order valence-corrected chi connectivity index (χ4v) is 3.28. The molecule has 98 valence electrons. The van der Waals surface area contributed by atoms with E-state index in [4.69, 9.17) is 4.74 Å². The van der Waals surface area contributed by atoms with E-state index in [-0.39, 0.29) is 5.97 Å². The molecule has 2 aliphatic rings. The van der Waals surface area contributed by atoms with Crippen LogP contribution in [0.15, 0.2) is 0 Å². The van der Waals surface area contributed by atoms with Crippen molar-refractivity contribution in [3.63, 3.8) is 0 Å². The number of hydrogen-bond donors (Lipinski definition) is 0. The van der Waals surface area contributed by atoms with Crippen molar-refractivity contribution in [2.45, 2.75) is 77.0 Å². The molecule has 1 aliphatic heterocycles. The molecule has 0 aromatic heterocycles. The predicted octanol–water partition coefficient (Wildman–Crippen LogP) is 4.13. The van der Waals surface area contributed by atoms with Crippen molar-refractivity contribution >= 4 is 5.97 Å². The molecule has 3 heteroatoms. The lowest BCUT2D eigenvalue weighted by molar-refractivity contribution is -0.169. The second-order valence-corrected chi connectivity index (χ2v) is 5.75. The minimum Gasteiger partial charge on any atom is -0.428 e. The minimum atomic E-state index is -1.66. The lowest BCUT2D eigenvalue weighted by Gasteiger charge is -2.29. The number of alkyl halides is 1. The third kappa shape index (κ3) is 2.63. The molecule has 1 atom stereocenters. The number of rotatable bonds is 4. The van der Waals surface area contributed by atoms with Crippen LogP contribution >= 0.6 is 0 Å². The van der Waals surface area contributed by atoms with E-state index in [1.165, 1.54) is 6.42 Å². The largest absolute Gasteiger partial charge is 0.428 e. The van der Waals surface area contributed by atoms with Crippen molar-refractivity contribution in [2.75, 3.05) is 0 Å². The summed E-state index contributed by atoms with van der Waals surface area (Å²) in [5.74, 6) is -1.93. The number of cyclic esters (lactones) is 1. The summed E-state index contributed by atoms with van der Waals surface area (Å²) in [4.78, 5) is 11.9. The Morgan fingerprint density at radius 3 is 2.59 bits per heavy atom. The number of carbonyl (C=O) groups excluding carboxylic acids is 1. The van der Waals surface area contributed by atoms with Crippen molar-refractivity contribution in [1.29, 1.82) is 0 Å². The Balaban J connectivity index is 1.97. The summed E-state index contributed by atoms with van der Waals surface area (Å²) < 4.78 is 19.6. The fourth-order valence-electron chi connectivity index (χ4n) is 3.28. The van der Waals surface area contributed by atoms with E-state index in [2.05, 4.69) is 6.92 Å². The quantitative estimate of drug-likeness (QED) is 0.547. The first kappa shape index (κ1) is 12.8. The Morgan fingerprint density at radius 1 is 1.24 bits per heavy atom. The molecule has 1 aliphatic carbocycles. The average Bonchev–Trinajstić information content (AvgIpc) is 2.52. The molecular formula is C14H23FO2. The fraction of sp³-hybridized carbons (Fsp3) is 0.929. The lowest BCUT2D eigenvalue weighted by atomic mass is 9.71. The first-order valence-corrected chi connectivity index (χ1v) is 7.03. The second-order valence-electron chi connectivity index (χ2n) is 5.75. The van der Waals surface area contributed by atoms with Crippen LogP contribution in [0.4, 0.5) is 4.39 Å². The van der Waals surface area contributed by atoms with Gasteiger partial charge in [0.1, 0.15) is 0 Å². The highest BCUT2D eigenvalue weighted by molar-refractivity contribution is 5.79. The first-order valence-electron chi connectivity index (χ1n) is 7.03. The molecule has 0 N–H and O–H groups in total. The van der Waals surface area contributed by atoms with E-state index in [1.54, 1.807) is 0 Å². The van der Waals surface area contributed by atoms with Gasteiger partial charge in [-0.15, -0.1) is 0 Å². The molecule has 0 aromatic carbocycles. The van der Waals surface area contributed by atoms with Crippen LogP contribution < -0.4 is 0 Å². The molecule has 1 saturated heterocycles. The van der Waals surface area contributed by atoms with Crippen molar-refractivity contribution in [3.05, 3.63) is 0 Å². The molecule has 1 heterocycles. The molecule has 1 saturated carbocycles. The summed E-state index contributed by atoms with van der Waals surface area (Å²) in [5, 5.41) is 0. The number of unbranched alkanes of at least 4 members (excludes halogenated alkanes) is 2. The number of ether oxygens (including phenoxy) is 1. The van der Waals surface area contributed by atoms with Crippen molar-refractivity contribution in [3.8, 4) is 0 Å². The van der Waals surface area contributed by atoms with Crippen molar-refractivity contribution < 1.29 is 13.9 Å². The van der Waals surface area contributed by atoms with E-state index in [9.17, 15) is 9.18 Å². The number of hydrogen-bond acceptors (Lipinski definition) is 2. The highest BCUT2D eigenvalue weighted by Gasteiger charge is 2.56. The molecule has 0 bridgehead atoms. The summed E-state index contributed by atoms with van der Waals surface area (Å²) >= 11 is 0. The summed E-state index contributed by atoms with van der Waals surface area (Å²) in [6.45, 7) is 2.09. The number of halogens is 1. The van der Waals surface area contributed by atoms with Gasteiger partial charge in [-0.1, -0.05) is 39.0 Å². The highest BCUT2D eigenvalue weighted by Crippen LogP contribution is 2.51. The van der Waals surface area contributed by atoms with Crippen molar-refractivity contribution in [2.24, 2.45) is 5.41 Å². The molecule has 17 heavy (non-hydrogen) atoms. The zero-order valence-corrected chi connectivity index (χ0v) is 10.8. The number of esters is 1. The first-order chi connectivity index (χ1) is 8.10. The van der Waals surface area contributed by atoms with Gasteiger partial charge in [-0.05, 0) is 19.3 Å². The molecule has 2 nitrogen and oxygen atoms in total. The smallest absolute Gasteiger partial charge is 0.315 e.